The molecule has 0 spiro atoms. The number of rotatable bonds is 0. The van der Waals surface area contributed by atoms with E-state index in [1.54, 1.807) is 18.2 Å². The molecule has 0 aliphatic heterocycles. The van der Waals surface area contributed by atoms with Crippen molar-refractivity contribution in [1.29, 1.82) is 0 Å². The highest BCUT2D eigenvalue weighted by atomic mass is 16.4. The van der Waals surface area contributed by atoms with Crippen LogP contribution in [0, 0.1) is 0 Å². The van der Waals surface area contributed by atoms with Crippen molar-refractivity contribution in [3.63, 3.8) is 0 Å². The molecule has 0 radical (unpaired) electrons. The van der Waals surface area contributed by atoms with E-state index in [1.807, 2.05) is 0 Å². The molecule has 0 fully saturated rings. The number of benzene rings is 1. The van der Waals surface area contributed by atoms with E-state index in [0.29, 0.717) is 11.0 Å². The summed E-state index contributed by atoms with van der Waals surface area (Å²) >= 11 is 0. The van der Waals surface area contributed by atoms with E-state index in [-0.39, 0.29) is 5.75 Å². The molecule has 60 valence electrons. The van der Waals surface area contributed by atoms with Gasteiger partial charge in [0.1, 0.15) is 11.3 Å². The Morgan fingerprint density at radius 1 is 1.17 bits per heavy atom. The van der Waals surface area contributed by atoms with Crippen LogP contribution in [0.15, 0.2) is 39.5 Å². The molecule has 1 aromatic carbocycles. The molecule has 2 rings (SSSR count). The number of fused-ring (bicyclic) bond motifs is 1. The van der Waals surface area contributed by atoms with Gasteiger partial charge in [0.05, 0.1) is 5.39 Å². The van der Waals surface area contributed by atoms with Crippen LogP contribution in [0.1, 0.15) is 0 Å². The maximum atomic E-state index is 10.7. The predicted octanol–water partition coefficient (Wildman–Crippen LogP) is 1.50. The van der Waals surface area contributed by atoms with Crippen LogP contribution in [0.3, 0.4) is 0 Å². The number of phenols is 1. The van der Waals surface area contributed by atoms with E-state index in [1.165, 1.54) is 12.1 Å². The second kappa shape index (κ2) is 2.37. The van der Waals surface area contributed by atoms with Crippen molar-refractivity contribution in [2.24, 2.45) is 0 Å². The normalized spacial score (nSPS) is 10.3. The van der Waals surface area contributed by atoms with E-state index in [4.69, 9.17) is 4.42 Å². The van der Waals surface area contributed by atoms with Crippen LogP contribution in [-0.4, -0.2) is 5.11 Å². The number of hydrogen-bond donors (Lipinski definition) is 1. The molecule has 0 unspecified atom stereocenters. The first-order chi connectivity index (χ1) is 5.77. The average Bonchev–Trinajstić information content (AvgIpc) is 2.04. The Morgan fingerprint density at radius 2 is 2.00 bits per heavy atom. The third-order valence-corrected chi connectivity index (χ3v) is 1.64. The summed E-state index contributed by atoms with van der Waals surface area (Å²) < 4.78 is 4.83. The van der Waals surface area contributed by atoms with Crippen molar-refractivity contribution >= 4 is 11.0 Å². The molecule has 1 heterocycles. The van der Waals surface area contributed by atoms with Gasteiger partial charge < -0.3 is 9.52 Å². The summed E-state index contributed by atoms with van der Waals surface area (Å²) in [6, 6.07) is 7.62. The highest BCUT2D eigenvalue weighted by Crippen LogP contribution is 2.21. The van der Waals surface area contributed by atoms with Crippen molar-refractivity contribution in [3.8, 4) is 5.75 Å². The van der Waals surface area contributed by atoms with Gasteiger partial charge >= 0.3 is 5.63 Å². The molecule has 1 aromatic heterocycles. The first-order valence-corrected chi connectivity index (χ1v) is 3.49. The van der Waals surface area contributed by atoms with Gasteiger partial charge in [0.2, 0.25) is 0 Å². The van der Waals surface area contributed by atoms with Gasteiger partial charge in [-0.25, -0.2) is 4.79 Å². The van der Waals surface area contributed by atoms with Gasteiger partial charge in [-0.05, 0) is 18.2 Å². The van der Waals surface area contributed by atoms with Crippen LogP contribution in [0.25, 0.3) is 11.0 Å². The van der Waals surface area contributed by atoms with Crippen LogP contribution < -0.4 is 5.63 Å². The molecule has 12 heavy (non-hydrogen) atoms. The lowest BCUT2D eigenvalue weighted by atomic mass is 10.2. The van der Waals surface area contributed by atoms with Gasteiger partial charge in [-0.1, -0.05) is 6.07 Å². The molecule has 2 aromatic rings. The topological polar surface area (TPSA) is 50.4 Å². The maximum absolute atomic E-state index is 10.7. The van der Waals surface area contributed by atoms with Crippen molar-refractivity contribution < 1.29 is 9.52 Å². The van der Waals surface area contributed by atoms with Gasteiger partial charge in [0, 0.05) is 6.07 Å². The summed E-state index contributed by atoms with van der Waals surface area (Å²) in [6.07, 6.45) is 0. The average molecular weight is 162 g/mol. The molecule has 0 bridgehead atoms. The largest absolute Gasteiger partial charge is 0.507 e. The van der Waals surface area contributed by atoms with Gasteiger partial charge in [-0.3, -0.25) is 0 Å². The van der Waals surface area contributed by atoms with Crippen LogP contribution >= 0.6 is 0 Å². The number of phenolic OH excluding ortho intramolecular Hbond substituents is 1. The van der Waals surface area contributed by atoms with Crippen LogP contribution in [-0.2, 0) is 0 Å². The number of aromatic hydroxyl groups is 1. The third-order valence-electron chi connectivity index (χ3n) is 1.64. The Morgan fingerprint density at radius 3 is 2.83 bits per heavy atom. The predicted molar refractivity (Wildman–Crippen MR) is 44.1 cm³/mol. The van der Waals surface area contributed by atoms with Gasteiger partial charge in [-0.15, -0.1) is 0 Å². The molecule has 0 atom stereocenters. The lowest BCUT2D eigenvalue weighted by Crippen LogP contribution is -1.93. The van der Waals surface area contributed by atoms with Gasteiger partial charge in [0.15, 0.2) is 0 Å². The first kappa shape index (κ1) is 6.91. The molecule has 0 aliphatic rings. The zero-order valence-electron chi connectivity index (χ0n) is 6.15. The van der Waals surface area contributed by atoms with Crippen molar-refractivity contribution in [1.82, 2.24) is 0 Å². The fraction of sp³-hybridized carbons (Fsp3) is 0. The Bertz CT molecular complexity index is 470. The molecular weight excluding hydrogens is 156 g/mol. The fourth-order valence-electron chi connectivity index (χ4n) is 1.08. The van der Waals surface area contributed by atoms with Crippen molar-refractivity contribution in [2.75, 3.05) is 0 Å². The minimum atomic E-state index is -0.409. The summed E-state index contributed by atoms with van der Waals surface area (Å²) in [6.45, 7) is 0. The molecule has 0 amide bonds. The minimum Gasteiger partial charge on any atom is -0.507 e. The van der Waals surface area contributed by atoms with E-state index < -0.39 is 5.63 Å². The summed E-state index contributed by atoms with van der Waals surface area (Å²) in [5.74, 6) is 0.122. The Hall–Kier alpha value is -1.77. The van der Waals surface area contributed by atoms with E-state index >= 15 is 0 Å². The lowest BCUT2D eigenvalue weighted by molar-refractivity contribution is 0.479. The molecular formula is C9H6O3. The smallest absolute Gasteiger partial charge is 0.336 e. The standard InChI is InChI=1S/C9H6O3/c10-7-2-1-3-8-6(7)4-5-9(11)12-8/h1-5,10H. The quantitative estimate of drug-likeness (QED) is 0.597. The second-order valence-corrected chi connectivity index (χ2v) is 2.44. The van der Waals surface area contributed by atoms with E-state index in [2.05, 4.69) is 0 Å². The van der Waals surface area contributed by atoms with Crippen molar-refractivity contribution in [3.05, 3.63) is 40.8 Å². The van der Waals surface area contributed by atoms with Crippen LogP contribution in [0.2, 0.25) is 0 Å². The highest BCUT2D eigenvalue weighted by molar-refractivity contribution is 5.82. The summed E-state index contributed by atoms with van der Waals surface area (Å²) in [5.41, 5.74) is -0.00407. The maximum Gasteiger partial charge on any atom is 0.336 e. The van der Waals surface area contributed by atoms with Crippen LogP contribution in [0.5, 0.6) is 5.75 Å². The van der Waals surface area contributed by atoms with Gasteiger partial charge in [-0.2, -0.15) is 0 Å². The van der Waals surface area contributed by atoms with E-state index in [0.717, 1.165) is 0 Å². The molecule has 1 N–H and O–H groups in total. The zero-order valence-corrected chi connectivity index (χ0v) is 6.15. The molecule has 3 nitrogen and oxygen atoms in total. The second-order valence-electron chi connectivity index (χ2n) is 2.44. The SMILES string of the molecule is O=c1ccc2c(O)cccc2o1. The number of hydrogen-bond acceptors (Lipinski definition) is 3. The summed E-state index contributed by atoms with van der Waals surface area (Å²) in [4.78, 5) is 10.7. The lowest BCUT2D eigenvalue weighted by Gasteiger charge is -1.96. The summed E-state index contributed by atoms with van der Waals surface area (Å²) in [5, 5.41) is 9.85. The Kier molecular flexibility index (Phi) is 1.37. The molecule has 3 heteroatoms. The molecule has 0 saturated heterocycles. The Labute approximate surface area is 67.9 Å². The monoisotopic (exact) mass is 162 g/mol. The van der Waals surface area contributed by atoms with E-state index in [9.17, 15) is 9.90 Å². The molecule has 0 aliphatic carbocycles. The van der Waals surface area contributed by atoms with Crippen molar-refractivity contribution in [2.45, 2.75) is 0 Å². The highest BCUT2D eigenvalue weighted by Gasteiger charge is 1.99. The fourth-order valence-corrected chi connectivity index (χ4v) is 1.08. The molecule has 0 saturated carbocycles. The zero-order chi connectivity index (χ0) is 8.55. The minimum absolute atomic E-state index is 0.122. The Balaban J connectivity index is 2.96. The third kappa shape index (κ3) is 0.955. The van der Waals surface area contributed by atoms with Gasteiger partial charge in [0.25, 0.3) is 0 Å². The summed E-state index contributed by atoms with van der Waals surface area (Å²) in [7, 11) is 0. The first-order valence-electron chi connectivity index (χ1n) is 3.49. The van der Waals surface area contributed by atoms with Crippen LogP contribution in [0.4, 0.5) is 0 Å².